The maximum absolute atomic E-state index is 13.7. The van der Waals surface area contributed by atoms with Crippen molar-refractivity contribution < 1.29 is 13.6 Å². The predicted molar refractivity (Wildman–Crippen MR) is 77.2 cm³/mol. The number of halogens is 3. The molecule has 1 aliphatic rings. The Balaban J connectivity index is 2.07. The quantitative estimate of drug-likeness (QED) is 0.784. The van der Waals surface area contributed by atoms with Gasteiger partial charge >= 0.3 is 0 Å². The summed E-state index contributed by atoms with van der Waals surface area (Å²) in [4.78, 5) is 16.2. The number of amides is 1. The van der Waals surface area contributed by atoms with Crippen molar-refractivity contribution in [2.45, 2.75) is 6.92 Å². The Morgan fingerprint density at radius 1 is 1.20 bits per heavy atom. The zero-order valence-electron chi connectivity index (χ0n) is 11.3. The van der Waals surface area contributed by atoms with Crippen LogP contribution in [0.1, 0.15) is 15.9 Å². The molecular formula is C14H17BrF2N2O. The summed E-state index contributed by atoms with van der Waals surface area (Å²) < 4.78 is 27.0. The Morgan fingerprint density at radius 2 is 1.85 bits per heavy atom. The van der Waals surface area contributed by atoms with Gasteiger partial charge in [0.2, 0.25) is 0 Å². The summed E-state index contributed by atoms with van der Waals surface area (Å²) in [5.74, 6) is -1.77. The topological polar surface area (TPSA) is 23.6 Å². The molecule has 0 aliphatic carbocycles. The summed E-state index contributed by atoms with van der Waals surface area (Å²) in [6.07, 6.45) is 0. The van der Waals surface area contributed by atoms with Crippen LogP contribution in [-0.4, -0.2) is 53.8 Å². The first-order chi connectivity index (χ1) is 9.52. The van der Waals surface area contributed by atoms with Crippen LogP contribution in [0.5, 0.6) is 0 Å². The van der Waals surface area contributed by atoms with Gasteiger partial charge < -0.3 is 4.90 Å². The van der Waals surface area contributed by atoms with Crippen molar-refractivity contribution in [3.05, 3.63) is 34.9 Å². The first-order valence-corrected chi connectivity index (χ1v) is 7.68. The molecule has 1 heterocycles. The van der Waals surface area contributed by atoms with E-state index >= 15 is 0 Å². The van der Waals surface area contributed by atoms with E-state index in [0.717, 1.165) is 31.0 Å². The average Bonchev–Trinajstić information content (AvgIpc) is 2.43. The van der Waals surface area contributed by atoms with Gasteiger partial charge in [-0.3, -0.25) is 9.69 Å². The zero-order valence-corrected chi connectivity index (χ0v) is 12.9. The number of nitrogens with zero attached hydrogens (tertiary/aromatic N) is 2. The van der Waals surface area contributed by atoms with Crippen LogP contribution in [0.25, 0.3) is 0 Å². The SMILES string of the molecule is Cc1cc(C(=O)N2CCN(CCBr)CC2)c(F)cc1F. The molecule has 1 saturated heterocycles. The van der Waals surface area contributed by atoms with Crippen LogP contribution in [0, 0.1) is 18.6 Å². The molecule has 3 nitrogen and oxygen atoms in total. The Bertz CT molecular complexity index is 502. The molecule has 110 valence electrons. The van der Waals surface area contributed by atoms with Gasteiger partial charge in [-0.25, -0.2) is 8.78 Å². The number of benzene rings is 1. The molecule has 0 saturated carbocycles. The normalized spacial score (nSPS) is 16.5. The van der Waals surface area contributed by atoms with E-state index in [4.69, 9.17) is 0 Å². The molecule has 6 heteroatoms. The number of piperazine rings is 1. The number of carbonyl (C=O) groups is 1. The van der Waals surface area contributed by atoms with Crippen LogP contribution < -0.4 is 0 Å². The average molecular weight is 347 g/mol. The van der Waals surface area contributed by atoms with Crippen LogP contribution in [0.3, 0.4) is 0 Å². The molecule has 1 aromatic rings. The third-order valence-electron chi connectivity index (χ3n) is 3.54. The highest BCUT2D eigenvalue weighted by Crippen LogP contribution is 2.17. The molecule has 1 amide bonds. The molecule has 1 aromatic carbocycles. The molecule has 1 aliphatic heterocycles. The van der Waals surface area contributed by atoms with Gasteiger partial charge in [0.25, 0.3) is 5.91 Å². The molecule has 0 radical (unpaired) electrons. The molecule has 0 unspecified atom stereocenters. The zero-order chi connectivity index (χ0) is 14.7. The van der Waals surface area contributed by atoms with E-state index in [-0.39, 0.29) is 17.0 Å². The van der Waals surface area contributed by atoms with Crippen LogP contribution >= 0.6 is 15.9 Å². The standard InChI is InChI=1S/C14H17BrF2N2O/c1-10-8-11(13(17)9-12(10)16)14(20)19-6-4-18(3-2-15)5-7-19/h8-9H,2-7H2,1H3. The lowest BCUT2D eigenvalue weighted by Gasteiger charge is -2.34. The molecule has 0 atom stereocenters. The third-order valence-corrected chi connectivity index (χ3v) is 3.89. The fraction of sp³-hybridized carbons (Fsp3) is 0.500. The predicted octanol–water partition coefficient (Wildman–Crippen LogP) is 2.43. The number of rotatable bonds is 3. The molecule has 0 N–H and O–H groups in total. The fourth-order valence-corrected chi connectivity index (χ4v) is 2.79. The van der Waals surface area contributed by atoms with Crippen molar-refractivity contribution in [1.29, 1.82) is 0 Å². The Labute approximate surface area is 125 Å². The molecule has 0 spiro atoms. The van der Waals surface area contributed by atoms with E-state index in [2.05, 4.69) is 20.8 Å². The van der Waals surface area contributed by atoms with Gasteiger partial charge in [-0.2, -0.15) is 0 Å². The minimum atomic E-state index is -0.791. The minimum Gasteiger partial charge on any atom is -0.336 e. The minimum absolute atomic E-state index is 0.0437. The van der Waals surface area contributed by atoms with Gasteiger partial charge in [-0.05, 0) is 18.6 Å². The summed E-state index contributed by atoms with van der Waals surface area (Å²) >= 11 is 3.38. The van der Waals surface area contributed by atoms with E-state index in [9.17, 15) is 13.6 Å². The summed E-state index contributed by atoms with van der Waals surface area (Å²) in [5.41, 5.74) is 0.241. The lowest BCUT2D eigenvalue weighted by atomic mass is 10.1. The Morgan fingerprint density at radius 3 is 2.45 bits per heavy atom. The van der Waals surface area contributed by atoms with E-state index in [1.807, 2.05) is 0 Å². The first-order valence-electron chi connectivity index (χ1n) is 6.56. The number of alkyl halides is 1. The monoisotopic (exact) mass is 346 g/mol. The third kappa shape index (κ3) is 3.35. The van der Waals surface area contributed by atoms with E-state index in [1.165, 1.54) is 13.0 Å². The molecule has 20 heavy (non-hydrogen) atoms. The second-order valence-electron chi connectivity index (χ2n) is 4.90. The highest BCUT2D eigenvalue weighted by atomic mass is 79.9. The van der Waals surface area contributed by atoms with Gasteiger partial charge in [0.1, 0.15) is 11.6 Å². The van der Waals surface area contributed by atoms with Gasteiger partial charge in [0.05, 0.1) is 5.56 Å². The van der Waals surface area contributed by atoms with Crippen LogP contribution in [0.4, 0.5) is 8.78 Å². The fourth-order valence-electron chi connectivity index (χ4n) is 2.29. The Hall–Kier alpha value is -1.01. The van der Waals surface area contributed by atoms with Crippen molar-refractivity contribution in [3.63, 3.8) is 0 Å². The second kappa shape index (κ2) is 6.63. The lowest BCUT2D eigenvalue weighted by molar-refractivity contribution is 0.0640. The van der Waals surface area contributed by atoms with Crippen molar-refractivity contribution in [2.24, 2.45) is 0 Å². The number of aryl methyl sites for hydroxylation is 1. The first kappa shape index (κ1) is 15.4. The summed E-state index contributed by atoms with van der Waals surface area (Å²) in [6.45, 7) is 5.16. The molecular weight excluding hydrogens is 330 g/mol. The van der Waals surface area contributed by atoms with Crippen molar-refractivity contribution in [2.75, 3.05) is 38.1 Å². The summed E-state index contributed by atoms with van der Waals surface area (Å²) in [7, 11) is 0. The van der Waals surface area contributed by atoms with Crippen LogP contribution in [0.15, 0.2) is 12.1 Å². The molecule has 2 rings (SSSR count). The van der Waals surface area contributed by atoms with Crippen molar-refractivity contribution in [1.82, 2.24) is 9.80 Å². The number of hydrogen-bond donors (Lipinski definition) is 0. The van der Waals surface area contributed by atoms with Gasteiger partial charge in [0, 0.05) is 44.1 Å². The second-order valence-corrected chi connectivity index (χ2v) is 5.70. The molecule has 0 aromatic heterocycles. The van der Waals surface area contributed by atoms with Crippen molar-refractivity contribution >= 4 is 21.8 Å². The smallest absolute Gasteiger partial charge is 0.256 e. The van der Waals surface area contributed by atoms with Gasteiger partial charge in [-0.15, -0.1) is 0 Å². The number of carbonyl (C=O) groups excluding carboxylic acids is 1. The van der Waals surface area contributed by atoms with Crippen LogP contribution in [-0.2, 0) is 0 Å². The van der Waals surface area contributed by atoms with E-state index in [1.54, 1.807) is 4.90 Å². The summed E-state index contributed by atoms with van der Waals surface area (Å²) in [5, 5.41) is 0.896. The largest absolute Gasteiger partial charge is 0.336 e. The molecule has 0 bridgehead atoms. The van der Waals surface area contributed by atoms with E-state index in [0.29, 0.717) is 13.1 Å². The lowest BCUT2D eigenvalue weighted by Crippen LogP contribution is -2.49. The van der Waals surface area contributed by atoms with Crippen molar-refractivity contribution in [3.8, 4) is 0 Å². The summed E-state index contributed by atoms with van der Waals surface area (Å²) in [6, 6.07) is 2.07. The highest BCUT2D eigenvalue weighted by molar-refractivity contribution is 9.09. The number of hydrogen-bond acceptors (Lipinski definition) is 2. The molecule has 1 fully saturated rings. The van der Waals surface area contributed by atoms with Gasteiger partial charge in [-0.1, -0.05) is 15.9 Å². The van der Waals surface area contributed by atoms with Gasteiger partial charge in [0.15, 0.2) is 0 Å². The van der Waals surface area contributed by atoms with E-state index < -0.39 is 11.6 Å². The van der Waals surface area contributed by atoms with Crippen LogP contribution in [0.2, 0.25) is 0 Å². The highest BCUT2D eigenvalue weighted by Gasteiger charge is 2.24. The maximum Gasteiger partial charge on any atom is 0.256 e. The Kier molecular flexibility index (Phi) is 5.10. The maximum atomic E-state index is 13.7.